The SMILES string of the molecule is CCNCc1oc(CN(C)CC2CCCN2C)cc1C. The van der Waals surface area contributed by atoms with Crippen molar-refractivity contribution in [1.82, 2.24) is 15.1 Å². The van der Waals surface area contributed by atoms with E-state index in [4.69, 9.17) is 4.42 Å². The Bertz CT molecular complexity index is 416. The third-order valence-electron chi connectivity index (χ3n) is 4.23. The number of aryl methyl sites for hydroxylation is 1. The molecule has 0 radical (unpaired) electrons. The molecule has 4 nitrogen and oxygen atoms in total. The van der Waals surface area contributed by atoms with Gasteiger partial charge in [-0.15, -0.1) is 0 Å². The first kappa shape index (κ1) is 15.5. The maximum atomic E-state index is 5.96. The van der Waals surface area contributed by atoms with Crippen LogP contribution in [0.5, 0.6) is 0 Å². The molecule has 1 N–H and O–H groups in total. The van der Waals surface area contributed by atoms with E-state index in [2.05, 4.69) is 49.1 Å². The average Bonchev–Trinajstić information content (AvgIpc) is 2.94. The van der Waals surface area contributed by atoms with Gasteiger partial charge in [-0.25, -0.2) is 0 Å². The molecule has 1 saturated heterocycles. The number of furan rings is 1. The van der Waals surface area contributed by atoms with E-state index in [1.807, 2.05) is 0 Å². The van der Waals surface area contributed by atoms with Crippen LogP contribution in [-0.2, 0) is 13.1 Å². The molecule has 0 bridgehead atoms. The standard InChI is InChI=1S/C16H29N3O/c1-5-17-10-16-13(2)9-15(20-16)12-18(3)11-14-7-6-8-19(14)4/h9,14,17H,5-8,10-12H2,1-4H3. The maximum absolute atomic E-state index is 5.96. The van der Waals surface area contributed by atoms with E-state index in [1.54, 1.807) is 0 Å². The van der Waals surface area contributed by atoms with Crippen LogP contribution in [0.1, 0.15) is 36.8 Å². The molecule has 0 amide bonds. The quantitative estimate of drug-likeness (QED) is 0.829. The summed E-state index contributed by atoms with van der Waals surface area (Å²) in [6.45, 7) is 9.32. The molecule has 114 valence electrons. The fourth-order valence-corrected chi connectivity index (χ4v) is 2.98. The predicted molar refractivity (Wildman–Crippen MR) is 82.8 cm³/mol. The zero-order valence-electron chi connectivity index (χ0n) is 13.4. The van der Waals surface area contributed by atoms with Crippen LogP contribution in [0, 0.1) is 6.92 Å². The Morgan fingerprint density at radius 3 is 2.95 bits per heavy atom. The molecular formula is C16H29N3O. The van der Waals surface area contributed by atoms with Gasteiger partial charge in [-0.2, -0.15) is 0 Å². The largest absolute Gasteiger partial charge is 0.463 e. The molecule has 1 atom stereocenters. The molecule has 1 aliphatic rings. The number of rotatable bonds is 7. The summed E-state index contributed by atoms with van der Waals surface area (Å²) in [5.41, 5.74) is 1.26. The molecule has 2 rings (SSSR count). The van der Waals surface area contributed by atoms with E-state index in [1.165, 1.54) is 24.9 Å². The molecule has 1 aromatic rings. The van der Waals surface area contributed by atoms with Gasteiger partial charge in [-0.3, -0.25) is 4.90 Å². The maximum Gasteiger partial charge on any atom is 0.120 e. The molecular weight excluding hydrogens is 250 g/mol. The van der Waals surface area contributed by atoms with Crippen LogP contribution < -0.4 is 5.32 Å². The highest BCUT2D eigenvalue weighted by Crippen LogP contribution is 2.19. The lowest BCUT2D eigenvalue weighted by Gasteiger charge is -2.25. The van der Waals surface area contributed by atoms with Crippen molar-refractivity contribution >= 4 is 0 Å². The Hall–Kier alpha value is -0.840. The molecule has 0 aromatic carbocycles. The fourth-order valence-electron chi connectivity index (χ4n) is 2.98. The van der Waals surface area contributed by atoms with Crippen LogP contribution in [0.3, 0.4) is 0 Å². The Morgan fingerprint density at radius 1 is 1.50 bits per heavy atom. The van der Waals surface area contributed by atoms with Crippen molar-refractivity contribution in [2.45, 2.75) is 45.8 Å². The highest BCUT2D eigenvalue weighted by molar-refractivity contribution is 5.20. The van der Waals surface area contributed by atoms with Crippen molar-refractivity contribution in [3.8, 4) is 0 Å². The van der Waals surface area contributed by atoms with Crippen LogP contribution in [0.25, 0.3) is 0 Å². The number of likely N-dealkylation sites (N-methyl/N-ethyl adjacent to an activating group) is 2. The molecule has 4 heteroatoms. The molecule has 0 aliphatic carbocycles. The van der Waals surface area contributed by atoms with Crippen LogP contribution in [0.2, 0.25) is 0 Å². The molecule has 2 heterocycles. The summed E-state index contributed by atoms with van der Waals surface area (Å²) >= 11 is 0. The Balaban J connectivity index is 1.85. The normalized spacial score (nSPS) is 20.1. The second-order valence-corrected chi connectivity index (χ2v) is 6.07. The number of hydrogen-bond acceptors (Lipinski definition) is 4. The summed E-state index contributed by atoms with van der Waals surface area (Å²) in [6.07, 6.45) is 2.66. The van der Waals surface area contributed by atoms with Crippen LogP contribution in [0.15, 0.2) is 10.5 Å². The Morgan fingerprint density at radius 2 is 2.30 bits per heavy atom. The molecule has 0 saturated carbocycles. The lowest BCUT2D eigenvalue weighted by atomic mass is 10.2. The summed E-state index contributed by atoms with van der Waals surface area (Å²) in [5.74, 6) is 2.16. The summed E-state index contributed by atoms with van der Waals surface area (Å²) in [5, 5.41) is 3.32. The Labute approximate surface area is 123 Å². The number of hydrogen-bond donors (Lipinski definition) is 1. The van der Waals surface area contributed by atoms with Crippen molar-refractivity contribution in [1.29, 1.82) is 0 Å². The van der Waals surface area contributed by atoms with Crippen LogP contribution in [0.4, 0.5) is 0 Å². The topological polar surface area (TPSA) is 31.7 Å². The van der Waals surface area contributed by atoms with Crippen LogP contribution >= 0.6 is 0 Å². The van der Waals surface area contributed by atoms with Gasteiger partial charge in [0.15, 0.2) is 0 Å². The fraction of sp³-hybridized carbons (Fsp3) is 0.750. The molecule has 1 fully saturated rings. The smallest absolute Gasteiger partial charge is 0.120 e. The molecule has 0 spiro atoms. The first-order chi connectivity index (χ1) is 9.60. The second-order valence-electron chi connectivity index (χ2n) is 6.07. The van der Waals surface area contributed by atoms with Crippen molar-refractivity contribution in [3.63, 3.8) is 0 Å². The van der Waals surface area contributed by atoms with Crippen molar-refractivity contribution in [2.24, 2.45) is 0 Å². The second kappa shape index (κ2) is 7.25. The minimum atomic E-state index is 0.706. The number of nitrogens with one attached hydrogen (secondary N) is 1. The first-order valence-corrected chi connectivity index (χ1v) is 7.77. The zero-order chi connectivity index (χ0) is 14.5. The third kappa shape index (κ3) is 4.08. The van der Waals surface area contributed by atoms with Gasteiger partial charge in [-0.1, -0.05) is 6.92 Å². The van der Waals surface area contributed by atoms with E-state index < -0.39 is 0 Å². The average molecular weight is 279 g/mol. The van der Waals surface area contributed by atoms with Gasteiger partial charge in [0.2, 0.25) is 0 Å². The van der Waals surface area contributed by atoms with E-state index in [9.17, 15) is 0 Å². The van der Waals surface area contributed by atoms with Gasteiger partial charge in [0, 0.05) is 12.6 Å². The van der Waals surface area contributed by atoms with E-state index >= 15 is 0 Å². The summed E-state index contributed by atoms with van der Waals surface area (Å²) in [4.78, 5) is 4.85. The van der Waals surface area contributed by atoms with Gasteiger partial charge in [0.25, 0.3) is 0 Å². The van der Waals surface area contributed by atoms with E-state index in [-0.39, 0.29) is 0 Å². The minimum Gasteiger partial charge on any atom is -0.463 e. The van der Waals surface area contributed by atoms with Gasteiger partial charge >= 0.3 is 0 Å². The van der Waals surface area contributed by atoms with Crippen molar-refractivity contribution in [3.05, 3.63) is 23.2 Å². The molecule has 20 heavy (non-hydrogen) atoms. The van der Waals surface area contributed by atoms with E-state index in [0.717, 1.165) is 37.7 Å². The first-order valence-electron chi connectivity index (χ1n) is 7.77. The summed E-state index contributed by atoms with van der Waals surface area (Å²) < 4.78 is 5.96. The third-order valence-corrected chi connectivity index (χ3v) is 4.23. The number of nitrogens with zero attached hydrogens (tertiary/aromatic N) is 2. The molecule has 1 aromatic heterocycles. The molecule has 1 unspecified atom stereocenters. The van der Waals surface area contributed by atoms with Crippen LogP contribution in [-0.4, -0.2) is 49.6 Å². The van der Waals surface area contributed by atoms with Gasteiger partial charge in [-0.05, 0) is 58.6 Å². The number of likely N-dealkylation sites (tertiary alicyclic amines) is 1. The zero-order valence-corrected chi connectivity index (χ0v) is 13.4. The lowest BCUT2D eigenvalue weighted by Crippen LogP contribution is -2.36. The van der Waals surface area contributed by atoms with Gasteiger partial charge < -0.3 is 14.6 Å². The van der Waals surface area contributed by atoms with Crippen molar-refractivity contribution in [2.75, 3.05) is 33.7 Å². The lowest BCUT2D eigenvalue weighted by molar-refractivity contribution is 0.205. The summed E-state index contributed by atoms with van der Waals surface area (Å²) in [6, 6.07) is 2.89. The minimum absolute atomic E-state index is 0.706. The highest BCUT2D eigenvalue weighted by atomic mass is 16.3. The highest BCUT2D eigenvalue weighted by Gasteiger charge is 2.22. The summed E-state index contributed by atoms with van der Waals surface area (Å²) in [7, 11) is 4.42. The monoisotopic (exact) mass is 279 g/mol. The molecule has 1 aliphatic heterocycles. The van der Waals surface area contributed by atoms with Crippen molar-refractivity contribution < 1.29 is 4.42 Å². The van der Waals surface area contributed by atoms with Gasteiger partial charge in [0.05, 0.1) is 13.1 Å². The van der Waals surface area contributed by atoms with Gasteiger partial charge in [0.1, 0.15) is 11.5 Å². The Kier molecular flexibility index (Phi) is 5.64. The van der Waals surface area contributed by atoms with E-state index in [0.29, 0.717) is 6.04 Å². The predicted octanol–water partition coefficient (Wildman–Crippen LogP) is 2.22.